The number of aryl methyl sites for hydroxylation is 1. The van der Waals surface area contributed by atoms with Crippen LogP contribution in [0.1, 0.15) is 41.9 Å². The number of H-pyrrole nitrogens is 1. The van der Waals surface area contributed by atoms with Crippen LogP contribution in [-0.2, 0) is 0 Å². The number of likely N-dealkylation sites (N-methyl/N-ethyl adjacent to an activating group) is 2. The fraction of sp³-hybridized carbons (Fsp3) is 0.625. The Morgan fingerprint density at radius 2 is 1.90 bits per heavy atom. The van der Waals surface area contributed by atoms with Crippen molar-refractivity contribution in [2.75, 3.05) is 27.2 Å². The van der Waals surface area contributed by atoms with Gasteiger partial charge in [0, 0.05) is 44.0 Å². The summed E-state index contributed by atoms with van der Waals surface area (Å²) in [6, 6.07) is 3.52. The van der Waals surface area contributed by atoms with Gasteiger partial charge in [0.2, 0.25) is 0 Å². The molecule has 1 aliphatic rings. The highest BCUT2D eigenvalue weighted by atomic mass is 16.2. The quantitative estimate of drug-likeness (QED) is 0.897. The molecule has 0 saturated heterocycles. The third-order valence-corrected chi connectivity index (χ3v) is 4.29. The molecule has 0 aromatic carbocycles. The number of hydrogen-bond acceptors (Lipinski definition) is 3. The van der Waals surface area contributed by atoms with Crippen molar-refractivity contribution in [2.45, 2.75) is 38.6 Å². The Morgan fingerprint density at radius 1 is 1.24 bits per heavy atom. The maximum atomic E-state index is 12.3. The maximum Gasteiger partial charge on any atom is 0.270 e. The highest BCUT2D eigenvalue weighted by Crippen LogP contribution is 2.22. The average molecular weight is 291 g/mol. The molecule has 1 fully saturated rings. The molecule has 21 heavy (non-hydrogen) atoms. The number of carbonyl (C=O) groups is 1. The second-order valence-electron chi connectivity index (χ2n) is 6.06. The minimum Gasteiger partial charge on any atom is -0.354 e. The Hall–Kier alpha value is -1.62. The van der Waals surface area contributed by atoms with E-state index in [0.717, 1.165) is 6.54 Å². The first-order valence-corrected chi connectivity index (χ1v) is 7.64. The Bertz CT molecular complexity index is 547. The lowest BCUT2D eigenvalue weighted by Crippen LogP contribution is -2.38. The molecule has 0 aliphatic heterocycles. The number of hydrogen-bond donors (Lipinski definition) is 1. The van der Waals surface area contributed by atoms with Gasteiger partial charge in [-0.2, -0.15) is 0 Å². The second-order valence-corrected chi connectivity index (χ2v) is 6.06. The van der Waals surface area contributed by atoms with Crippen LogP contribution in [0, 0.1) is 6.92 Å². The zero-order valence-electron chi connectivity index (χ0n) is 13.2. The molecule has 1 aromatic heterocycles. The number of nitrogens with one attached hydrogen (secondary N) is 1. The molecule has 5 heteroatoms. The molecule has 1 amide bonds. The van der Waals surface area contributed by atoms with Crippen LogP contribution in [-0.4, -0.2) is 53.9 Å². The number of rotatable bonds is 5. The van der Waals surface area contributed by atoms with E-state index in [1.54, 1.807) is 18.9 Å². The third kappa shape index (κ3) is 4.17. The molecule has 0 spiro atoms. The molecular formula is C16H25N3O2. The summed E-state index contributed by atoms with van der Waals surface area (Å²) in [6.07, 6.45) is 5.15. The summed E-state index contributed by atoms with van der Waals surface area (Å²) < 4.78 is 0. The number of amides is 1. The second kappa shape index (κ2) is 6.89. The Morgan fingerprint density at radius 3 is 2.52 bits per heavy atom. The van der Waals surface area contributed by atoms with E-state index in [9.17, 15) is 9.59 Å². The van der Waals surface area contributed by atoms with Gasteiger partial charge in [0.1, 0.15) is 5.69 Å². The van der Waals surface area contributed by atoms with Crippen LogP contribution >= 0.6 is 0 Å². The smallest absolute Gasteiger partial charge is 0.270 e. The van der Waals surface area contributed by atoms with Gasteiger partial charge < -0.3 is 14.8 Å². The summed E-state index contributed by atoms with van der Waals surface area (Å²) >= 11 is 0. The number of aromatic amines is 1. The van der Waals surface area contributed by atoms with Crippen molar-refractivity contribution in [3.63, 3.8) is 0 Å². The van der Waals surface area contributed by atoms with E-state index in [4.69, 9.17) is 0 Å². The number of aromatic nitrogens is 1. The molecule has 0 atom stereocenters. The average Bonchev–Trinajstić information content (AvgIpc) is 2.96. The van der Waals surface area contributed by atoms with Crippen molar-refractivity contribution in [3.8, 4) is 0 Å². The lowest BCUT2D eigenvalue weighted by molar-refractivity contribution is 0.0768. The predicted molar refractivity (Wildman–Crippen MR) is 83.6 cm³/mol. The summed E-state index contributed by atoms with van der Waals surface area (Å²) in [4.78, 5) is 30.8. The van der Waals surface area contributed by atoms with Gasteiger partial charge in [0.05, 0.1) is 0 Å². The lowest BCUT2D eigenvalue weighted by Gasteiger charge is -2.26. The SMILES string of the molecule is Cc1cc(=O)cc(C(=O)N(C)CCN(C)C2CCCC2)[nH]1. The molecule has 0 unspecified atom stereocenters. The van der Waals surface area contributed by atoms with Gasteiger partial charge in [-0.1, -0.05) is 12.8 Å². The number of pyridine rings is 1. The third-order valence-electron chi connectivity index (χ3n) is 4.29. The molecule has 1 heterocycles. The van der Waals surface area contributed by atoms with E-state index in [1.807, 2.05) is 0 Å². The van der Waals surface area contributed by atoms with Crippen molar-refractivity contribution in [1.29, 1.82) is 0 Å². The van der Waals surface area contributed by atoms with Crippen LogP contribution in [0.2, 0.25) is 0 Å². The Balaban J connectivity index is 1.91. The summed E-state index contributed by atoms with van der Waals surface area (Å²) in [5, 5.41) is 0. The fourth-order valence-corrected chi connectivity index (χ4v) is 2.94. The molecule has 5 nitrogen and oxygen atoms in total. The van der Waals surface area contributed by atoms with Crippen molar-refractivity contribution in [2.24, 2.45) is 0 Å². The van der Waals surface area contributed by atoms with E-state index >= 15 is 0 Å². The van der Waals surface area contributed by atoms with Crippen molar-refractivity contribution < 1.29 is 4.79 Å². The minimum atomic E-state index is -0.133. The highest BCUT2D eigenvalue weighted by Gasteiger charge is 2.20. The fourth-order valence-electron chi connectivity index (χ4n) is 2.94. The Labute approximate surface area is 126 Å². The van der Waals surface area contributed by atoms with E-state index in [1.165, 1.54) is 37.8 Å². The van der Waals surface area contributed by atoms with Crippen LogP contribution < -0.4 is 5.43 Å². The van der Waals surface area contributed by atoms with E-state index in [-0.39, 0.29) is 11.3 Å². The van der Waals surface area contributed by atoms with Gasteiger partial charge in [0.25, 0.3) is 5.91 Å². The van der Waals surface area contributed by atoms with Crippen LogP contribution in [0.5, 0.6) is 0 Å². The topological polar surface area (TPSA) is 56.4 Å². The zero-order chi connectivity index (χ0) is 15.4. The summed E-state index contributed by atoms with van der Waals surface area (Å²) in [5.74, 6) is -0.129. The molecule has 0 radical (unpaired) electrons. The molecule has 2 rings (SSSR count). The zero-order valence-corrected chi connectivity index (χ0v) is 13.2. The largest absolute Gasteiger partial charge is 0.354 e. The van der Waals surface area contributed by atoms with Gasteiger partial charge >= 0.3 is 0 Å². The number of carbonyl (C=O) groups excluding carboxylic acids is 1. The van der Waals surface area contributed by atoms with E-state index < -0.39 is 0 Å². The first-order chi connectivity index (χ1) is 9.97. The molecule has 1 aromatic rings. The summed E-state index contributed by atoms with van der Waals surface area (Å²) in [6.45, 7) is 3.32. The molecular weight excluding hydrogens is 266 g/mol. The molecule has 1 saturated carbocycles. The van der Waals surface area contributed by atoms with Gasteiger partial charge in [-0.25, -0.2) is 0 Å². The van der Waals surface area contributed by atoms with Gasteiger partial charge in [-0.05, 0) is 26.8 Å². The summed E-state index contributed by atoms with van der Waals surface area (Å²) in [5.41, 5.74) is 0.944. The lowest BCUT2D eigenvalue weighted by atomic mass is 10.2. The van der Waals surface area contributed by atoms with Crippen molar-refractivity contribution >= 4 is 5.91 Å². The van der Waals surface area contributed by atoms with Gasteiger partial charge in [-0.3, -0.25) is 9.59 Å². The summed E-state index contributed by atoms with van der Waals surface area (Å²) in [7, 11) is 3.91. The maximum absolute atomic E-state index is 12.3. The molecule has 1 N–H and O–H groups in total. The minimum absolute atomic E-state index is 0.129. The van der Waals surface area contributed by atoms with Crippen LogP contribution in [0.3, 0.4) is 0 Å². The van der Waals surface area contributed by atoms with Crippen LogP contribution in [0.15, 0.2) is 16.9 Å². The number of nitrogens with zero attached hydrogens (tertiary/aromatic N) is 2. The molecule has 1 aliphatic carbocycles. The molecule has 116 valence electrons. The van der Waals surface area contributed by atoms with E-state index in [2.05, 4.69) is 16.9 Å². The normalized spacial score (nSPS) is 15.6. The van der Waals surface area contributed by atoms with Crippen molar-refractivity contribution in [1.82, 2.24) is 14.8 Å². The van der Waals surface area contributed by atoms with Crippen LogP contribution in [0.4, 0.5) is 0 Å². The highest BCUT2D eigenvalue weighted by molar-refractivity contribution is 5.92. The standard InChI is InChI=1S/C16H25N3O2/c1-12-10-14(20)11-15(17-12)16(21)19(3)9-8-18(2)13-6-4-5-7-13/h10-11,13H,4-9H2,1-3H3,(H,17,20). The first-order valence-electron chi connectivity index (χ1n) is 7.64. The van der Waals surface area contributed by atoms with Gasteiger partial charge in [0.15, 0.2) is 5.43 Å². The van der Waals surface area contributed by atoms with E-state index in [0.29, 0.717) is 24.0 Å². The van der Waals surface area contributed by atoms with Crippen molar-refractivity contribution in [3.05, 3.63) is 33.7 Å². The van der Waals surface area contributed by atoms with Gasteiger partial charge in [-0.15, -0.1) is 0 Å². The Kier molecular flexibility index (Phi) is 5.17. The molecule has 0 bridgehead atoms. The van der Waals surface area contributed by atoms with Crippen LogP contribution in [0.25, 0.3) is 0 Å². The monoisotopic (exact) mass is 291 g/mol. The first kappa shape index (κ1) is 15.8. The predicted octanol–water partition coefficient (Wildman–Crippen LogP) is 1.63.